The van der Waals surface area contributed by atoms with E-state index in [1.54, 1.807) is 30.5 Å². The Hall–Kier alpha value is -2.70. The van der Waals surface area contributed by atoms with Crippen molar-refractivity contribution in [3.05, 3.63) is 65.8 Å². The maximum atomic E-state index is 12.4. The van der Waals surface area contributed by atoms with Crippen LogP contribution in [0.4, 0.5) is 13.2 Å². The average Bonchev–Trinajstić information content (AvgIpc) is 2.99. The molecule has 0 fully saturated rings. The summed E-state index contributed by atoms with van der Waals surface area (Å²) in [4.78, 5) is 7.57. The Morgan fingerprint density at radius 1 is 1.00 bits per heavy atom. The van der Waals surface area contributed by atoms with E-state index in [1.165, 1.54) is 0 Å². The Labute approximate surface area is 123 Å². The molecule has 0 saturated heterocycles. The van der Waals surface area contributed by atoms with Crippen LogP contribution in [0.25, 0.3) is 11.4 Å². The molecule has 4 nitrogen and oxygen atoms in total. The molecule has 0 spiro atoms. The van der Waals surface area contributed by atoms with Crippen LogP contribution in [0.3, 0.4) is 0 Å². The minimum atomic E-state index is -4.63. The third kappa shape index (κ3) is 3.13. The number of aromatic nitrogens is 3. The monoisotopic (exact) mass is 305 g/mol. The highest BCUT2D eigenvalue weighted by atomic mass is 19.4. The van der Waals surface area contributed by atoms with E-state index in [9.17, 15) is 13.2 Å². The van der Waals surface area contributed by atoms with Crippen molar-refractivity contribution >= 4 is 0 Å². The van der Waals surface area contributed by atoms with E-state index in [4.69, 9.17) is 0 Å². The number of halogens is 3. The van der Waals surface area contributed by atoms with Crippen molar-refractivity contribution in [3.8, 4) is 11.4 Å². The van der Waals surface area contributed by atoms with Crippen LogP contribution in [-0.4, -0.2) is 15.1 Å². The summed E-state index contributed by atoms with van der Waals surface area (Å²) < 4.78 is 41.5. The Kier molecular flexibility index (Phi) is 3.62. The van der Waals surface area contributed by atoms with E-state index in [0.29, 0.717) is 12.0 Å². The molecule has 0 saturated carbocycles. The van der Waals surface area contributed by atoms with Gasteiger partial charge in [0.15, 0.2) is 0 Å². The zero-order valence-electron chi connectivity index (χ0n) is 11.2. The molecule has 0 atom stereocenters. The lowest BCUT2D eigenvalue weighted by Gasteiger charge is -2.01. The molecule has 2 heterocycles. The summed E-state index contributed by atoms with van der Waals surface area (Å²) in [6.07, 6.45) is -2.28. The van der Waals surface area contributed by atoms with Crippen molar-refractivity contribution in [2.45, 2.75) is 12.6 Å². The van der Waals surface area contributed by atoms with Gasteiger partial charge in [-0.3, -0.25) is 4.98 Å². The Balaban J connectivity index is 1.78. The van der Waals surface area contributed by atoms with Crippen molar-refractivity contribution < 1.29 is 17.7 Å². The second kappa shape index (κ2) is 5.59. The first kappa shape index (κ1) is 14.2. The molecule has 3 rings (SSSR count). The smallest absolute Gasteiger partial charge is 0.329 e. The number of benzene rings is 1. The number of hydrogen-bond donors (Lipinski definition) is 0. The van der Waals surface area contributed by atoms with Gasteiger partial charge in [-0.15, -0.1) is 0 Å². The zero-order valence-corrected chi connectivity index (χ0v) is 11.2. The molecule has 0 aliphatic rings. The van der Waals surface area contributed by atoms with Crippen LogP contribution in [0.15, 0.2) is 53.2 Å². The molecule has 7 heteroatoms. The fourth-order valence-electron chi connectivity index (χ4n) is 1.94. The minimum Gasteiger partial charge on any atom is -0.329 e. The van der Waals surface area contributed by atoms with Gasteiger partial charge in [0.2, 0.25) is 5.82 Å². The van der Waals surface area contributed by atoms with Gasteiger partial charge >= 0.3 is 12.1 Å². The van der Waals surface area contributed by atoms with Gasteiger partial charge in [-0.2, -0.15) is 18.2 Å². The van der Waals surface area contributed by atoms with E-state index in [1.807, 2.05) is 18.2 Å². The van der Waals surface area contributed by atoms with Crippen molar-refractivity contribution in [2.75, 3.05) is 0 Å². The van der Waals surface area contributed by atoms with Crippen LogP contribution in [0, 0.1) is 0 Å². The summed E-state index contributed by atoms with van der Waals surface area (Å²) in [7, 11) is 0. The summed E-state index contributed by atoms with van der Waals surface area (Å²) in [5, 5.41) is 3.35. The first-order valence-electron chi connectivity index (χ1n) is 6.42. The first-order chi connectivity index (χ1) is 10.5. The maximum absolute atomic E-state index is 12.4. The fraction of sp³-hybridized carbons (Fsp3) is 0.133. The molecule has 22 heavy (non-hydrogen) atoms. The first-order valence-corrected chi connectivity index (χ1v) is 6.42. The van der Waals surface area contributed by atoms with Crippen LogP contribution in [0.5, 0.6) is 0 Å². The van der Waals surface area contributed by atoms with E-state index in [2.05, 4.69) is 19.6 Å². The largest absolute Gasteiger partial charge is 0.471 e. The van der Waals surface area contributed by atoms with Crippen LogP contribution < -0.4 is 0 Å². The molecule has 0 bridgehead atoms. The molecule has 0 aliphatic heterocycles. The highest BCUT2D eigenvalue weighted by Gasteiger charge is 2.38. The molecule has 0 N–H and O–H groups in total. The second-order valence-electron chi connectivity index (χ2n) is 4.62. The Bertz CT molecular complexity index is 752. The molecule has 2 aromatic heterocycles. The number of nitrogens with zero attached hydrogens (tertiary/aromatic N) is 3. The molecule has 1 aromatic carbocycles. The van der Waals surface area contributed by atoms with E-state index in [-0.39, 0.29) is 5.82 Å². The lowest BCUT2D eigenvalue weighted by atomic mass is 10.1. The third-order valence-electron chi connectivity index (χ3n) is 2.99. The van der Waals surface area contributed by atoms with Gasteiger partial charge in [0, 0.05) is 23.9 Å². The van der Waals surface area contributed by atoms with Crippen molar-refractivity contribution in [1.29, 1.82) is 0 Å². The highest BCUT2D eigenvalue weighted by molar-refractivity contribution is 5.54. The SMILES string of the molecule is FC(F)(F)c1nc(-c2ccc(Cc3ccccn3)cc2)no1. The third-order valence-corrected chi connectivity index (χ3v) is 2.99. The second-order valence-corrected chi connectivity index (χ2v) is 4.62. The lowest BCUT2D eigenvalue weighted by molar-refractivity contribution is -0.159. The molecular formula is C15H10F3N3O. The van der Waals surface area contributed by atoms with Gasteiger partial charge in [0.25, 0.3) is 0 Å². The number of alkyl halides is 3. The highest BCUT2D eigenvalue weighted by Crippen LogP contribution is 2.29. The summed E-state index contributed by atoms with van der Waals surface area (Å²) in [5.74, 6) is -1.43. The topological polar surface area (TPSA) is 51.8 Å². The number of pyridine rings is 1. The predicted molar refractivity (Wildman–Crippen MR) is 71.8 cm³/mol. The summed E-state index contributed by atoms with van der Waals surface area (Å²) in [5.41, 5.74) is 2.36. The quantitative estimate of drug-likeness (QED) is 0.739. The number of hydrogen-bond acceptors (Lipinski definition) is 4. The molecule has 0 amide bonds. The summed E-state index contributed by atoms with van der Waals surface area (Å²) in [6.45, 7) is 0. The van der Waals surface area contributed by atoms with Crippen LogP contribution in [0.1, 0.15) is 17.1 Å². The Morgan fingerprint density at radius 3 is 2.36 bits per heavy atom. The van der Waals surface area contributed by atoms with Crippen molar-refractivity contribution in [3.63, 3.8) is 0 Å². The van der Waals surface area contributed by atoms with E-state index < -0.39 is 12.1 Å². The van der Waals surface area contributed by atoms with Gasteiger partial charge in [-0.05, 0) is 17.7 Å². The van der Waals surface area contributed by atoms with Gasteiger partial charge in [-0.25, -0.2) is 0 Å². The predicted octanol–water partition coefficient (Wildman–Crippen LogP) is 3.74. The normalized spacial score (nSPS) is 11.6. The molecule has 3 aromatic rings. The fourth-order valence-corrected chi connectivity index (χ4v) is 1.94. The molecule has 0 unspecified atom stereocenters. The minimum absolute atomic E-state index is 0.0864. The standard InChI is InChI=1S/C15H10F3N3O/c16-15(17,18)14-20-13(21-22-14)11-6-4-10(5-7-11)9-12-3-1-2-8-19-12/h1-8H,9H2. The lowest BCUT2D eigenvalue weighted by Crippen LogP contribution is -2.04. The van der Waals surface area contributed by atoms with Crippen LogP contribution in [0.2, 0.25) is 0 Å². The van der Waals surface area contributed by atoms with Gasteiger partial charge in [0.05, 0.1) is 0 Å². The molecule has 112 valence electrons. The maximum Gasteiger partial charge on any atom is 0.471 e. The number of rotatable bonds is 3. The van der Waals surface area contributed by atoms with Gasteiger partial charge < -0.3 is 4.52 Å². The molecular weight excluding hydrogens is 295 g/mol. The van der Waals surface area contributed by atoms with E-state index >= 15 is 0 Å². The van der Waals surface area contributed by atoms with Crippen molar-refractivity contribution in [1.82, 2.24) is 15.1 Å². The Morgan fingerprint density at radius 2 is 1.77 bits per heavy atom. The van der Waals surface area contributed by atoms with Gasteiger partial charge in [0.1, 0.15) is 0 Å². The van der Waals surface area contributed by atoms with Crippen LogP contribution >= 0.6 is 0 Å². The summed E-state index contributed by atoms with van der Waals surface area (Å²) in [6, 6.07) is 12.5. The van der Waals surface area contributed by atoms with E-state index in [0.717, 1.165) is 11.3 Å². The summed E-state index contributed by atoms with van der Waals surface area (Å²) >= 11 is 0. The van der Waals surface area contributed by atoms with Gasteiger partial charge in [-0.1, -0.05) is 35.5 Å². The zero-order chi connectivity index (χ0) is 15.6. The average molecular weight is 305 g/mol. The van der Waals surface area contributed by atoms with Crippen molar-refractivity contribution in [2.24, 2.45) is 0 Å². The molecule has 0 radical (unpaired) electrons. The molecule has 0 aliphatic carbocycles. The van der Waals surface area contributed by atoms with Crippen LogP contribution in [-0.2, 0) is 12.6 Å².